The Bertz CT molecular complexity index is 701. The normalized spacial score (nSPS) is 9.43. The molecule has 0 fully saturated rings. The second-order valence-corrected chi connectivity index (χ2v) is 4.38. The number of hydrogen-bond acceptors (Lipinski definition) is 3. The number of benzene rings is 1. The summed E-state index contributed by atoms with van der Waals surface area (Å²) in [5, 5.41) is 5.41. The molecule has 0 bridgehead atoms. The summed E-state index contributed by atoms with van der Waals surface area (Å²) < 4.78 is 0. The van der Waals surface area contributed by atoms with E-state index in [-0.39, 0.29) is 6.03 Å². The molecule has 2 amide bonds. The second kappa shape index (κ2) is 7.08. The van der Waals surface area contributed by atoms with Crippen LogP contribution in [0.4, 0.5) is 16.3 Å². The first kappa shape index (κ1) is 14.6. The maximum absolute atomic E-state index is 11.9. The molecule has 1 heterocycles. The van der Waals surface area contributed by atoms with Crippen LogP contribution in [0.15, 0.2) is 42.6 Å². The van der Waals surface area contributed by atoms with Gasteiger partial charge in [-0.25, -0.2) is 9.78 Å². The highest BCUT2D eigenvalue weighted by Gasteiger charge is 2.04. The number of hydrogen-bond donors (Lipinski definition) is 3. The maximum atomic E-state index is 11.9. The van der Waals surface area contributed by atoms with Crippen molar-refractivity contribution >= 4 is 17.5 Å². The average molecular weight is 280 g/mol. The molecule has 1 aromatic carbocycles. The predicted molar refractivity (Wildman–Crippen MR) is 84.0 cm³/mol. The number of nitrogens with two attached hydrogens (primary N) is 1. The molecule has 4 N–H and O–H groups in total. The second-order valence-electron chi connectivity index (χ2n) is 4.38. The van der Waals surface area contributed by atoms with Crippen LogP contribution in [0.25, 0.3) is 0 Å². The van der Waals surface area contributed by atoms with E-state index < -0.39 is 0 Å². The lowest BCUT2D eigenvalue weighted by Gasteiger charge is -2.07. The Hall–Kier alpha value is -2.84. The Morgan fingerprint density at radius 1 is 1.29 bits per heavy atom. The monoisotopic (exact) mass is 280 g/mol. The zero-order valence-corrected chi connectivity index (χ0v) is 11.7. The third kappa shape index (κ3) is 4.64. The molecule has 5 heteroatoms. The van der Waals surface area contributed by atoms with E-state index in [1.807, 2.05) is 31.2 Å². The quantitative estimate of drug-likeness (QED) is 0.739. The Morgan fingerprint density at radius 2 is 2.14 bits per heavy atom. The van der Waals surface area contributed by atoms with E-state index in [1.54, 1.807) is 18.3 Å². The van der Waals surface area contributed by atoms with Crippen LogP contribution in [0.2, 0.25) is 0 Å². The van der Waals surface area contributed by atoms with Gasteiger partial charge >= 0.3 is 6.03 Å². The van der Waals surface area contributed by atoms with Crippen molar-refractivity contribution in [2.24, 2.45) is 5.73 Å². The number of nitrogens with zero attached hydrogens (tertiary/aromatic N) is 1. The van der Waals surface area contributed by atoms with Gasteiger partial charge in [0.1, 0.15) is 5.82 Å². The van der Waals surface area contributed by atoms with E-state index in [4.69, 9.17) is 5.73 Å². The Kier molecular flexibility index (Phi) is 4.91. The Balaban J connectivity index is 2.02. The molecule has 1 aromatic heterocycles. The number of urea groups is 1. The van der Waals surface area contributed by atoms with Gasteiger partial charge in [0.05, 0.1) is 6.54 Å². The van der Waals surface area contributed by atoms with Crippen LogP contribution in [-0.2, 0) is 0 Å². The highest BCUT2D eigenvalue weighted by molar-refractivity contribution is 5.99. The van der Waals surface area contributed by atoms with Gasteiger partial charge in [-0.05, 0) is 36.8 Å². The predicted octanol–water partition coefficient (Wildman–Crippen LogP) is 2.34. The van der Waals surface area contributed by atoms with E-state index in [9.17, 15) is 4.79 Å². The van der Waals surface area contributed by atoms with E-state index in [2.05, 4.69) is 27.5 Å². The summed E-state index contributed by atoms with van der Waals surface area (Å²) in [6, 6.07) is 10.7. The fourth-order valence-electron chi connectivity index (χ4n) is 1.73. The Labute approximate surface area is 123 Å². The molecule has 0 aliphatic heterocycles. The first-order valence-corrected chi connectivity index (χ1v) is 6.47. The number of carbonyl (C=O) groups is 1. The van der Waals surface area contributed by atoms with Gasteiger partial charge < -0.3 is 11.1 Å². The largest absolute Gasteiger partial charge is 0.324 e. The summed E-state index contributed by atoms with van der Waals surface area (Å²) in [5.41, 5.74) is 7.88. The van der Waals surface area contributed by atoms with E-state index in [1.165, 1.54) is 0 Å². The molecule has 106 valence electrons. The number of aryl methyl sites for hydroxylation is 1. The van der Waals surface area contributed by atoms with Crippen molar-refractivity contribution in [3.8, 4) is 11.8 Å². The standard InChI is InChI=1S/C16H16N4O/c1-12-4-2-6-14(10-12)19-16(21)20-15-11-13(5-3-8-17)7-9-18-15/h2,4,6-7,9-11H,8,17H2,1H3,(H2,18,19,20,21). The average Bonchev–Trinajstić information content (AvgIpc) is 2.45. The van der Waals surface area contributed by atoms with Crippen LogP contribution >= 0.6 is 0 Å². The first-order chi connectivity index (χ1) is 10.2. The number of carbonyl (C=O) groups excluding carboxylic acids is 1. The molecular formula is C16H16N4O. The molecule has 2 aromatic rings. The molecule has 0 unspecified atom stereocenters. The minimum Gasteiger partial charge on any atom is -0.320 e. The first-order valence-electron chi connectivity index (χ1n) is 6.47. The molecule has 0 radical (unpaired) electrons. The van der Waals surface area contributed by atoms with Crippen LogP contribution in [0.5, 0.6) is 0 Å². The molecular weight excluding hydrogens is 264 g/mol. The fourth-order valence-corrected chi connectivity index (χ4v) is 1.73. The van der Waals surface area contributed by atoms with Crippen molar-refractivity contribution in [2.45, 2.75) is 6.92 Å². The maximum Gasteiger partial charge on any atom is 0.324 e. The molecule has 2 rings (SSSR count). The van der Waals surface area contributed by atoms with E-state index in [0.29, 0.717) is 12.4 Å². The smallest absolute Gasteiger partial charge is 0.320 e. The highest BCUT2D eigenvalue weighted by Crippen LogP contribution is 2.11. The summed E-state index contributed by atoms with van der Waals surface area (Å²) in [6.07, 6.45) is 1.59. The third-order valence-corrected chi connectivity index (χ3v) is 2.61. The third-order valence-electron chi connectivity index (χ3n) is 2.61. The van der Waals surface area contributed by atoms with Gasteiger partial charge in [0.2, 0.25) is 0 Å². The SMILES string of the molecule is Cc1cccc(NC(=O)Nc2cc(C#CCN)ccn2)c1. The minimum absolute atomic E-state index is 0.291. The van der Waals surface area contributed by atoms with Gasteiger partial charge in [0.15, 0.2) is 0 Å². The molecule has 21 heavy (non-hydrogen) atoms. The molecule has 5 nitrogen and oxygen atoms in total. The van der Waals surface area contributed by atoms with Gasteiger partial charge in [-0.3, -0.25) is 5.32 Å². The van der Waals surface area contributed by atoms with Crippen molar-refractivity contribution < 1.29 is 4.79 Å². The molecule has 0 aliphatic rings. The zero-order valence-electron chi connectivity index (χ0n) is 11.7. The molecule has 0 aliphatic carbocycles. The lowest BCUT2D eigenvalue weighted by Crippen LogP contribution is -2.20. The molecule has 0 spiro atoms. The van der Waals surface area contributed by atoms with Crippen molar-refractivity contribution in [1.29, 1.82) is 0 Å². The molecule has 0 saturated heterocycles. The number of rotatable bonds is 2. The number of amides is 2. The highest BCUT2D eigenvalue weighted by atomic mass is 16.2. The lowest BCUT2D eigenvalue weighted by atomic mass is 10.2. The van der Waals surface area contributed by atoms with Crippen molar-refractivity contribution in [3.05, 3.63) is 53.7 Å². The molecule has 0 atom stereocenters. The summed E-state index contributed by atoms with van der Waals surface area (Å²) in [6.45, 7) is 2.25. The zero-order chi connectivity index (χ0) is 15.1. The van der Waals surface area contributed by atoms with Gasteiger partial charge in [0.25, 0.3) is 0 Å². The van der Waals surface area contributed by atoms with Gasteiger partial charge in [-0.1, -0.05) is 24.0 Å². The van der Waals surface area contributed by atoms with Crippen molar-refractivity contribution in [3.63, 3.8) is 0 Å². The number of aromatic nitrogens is 1. The van der Waals surface area contributed by atoms with Crippen molar-refractivity contribution in [2.75, 3.05) is 17.2 Å². The van der Waals surface area contributed by atoms with Crippen LogP contribution < -0.4 is 16.4 Å². The Morgan fingerprint density at radius 3 is 2.90 bits per heavy atom. The van der Waals surface area contributed by atoms with Crippen LogP contribution in [0, 0.1) is 18.8 Å². The summed E-state index contributed by atoms with van der Waals surface area (Å²) in [5.74, 6) is 6.08. The number of anilines is 2. The summed E-state index contributed by atoms with van der Waals surface area (Å²) >= 11 is 0. The van der Waals surface area contributed by atoms with Gasteiger partial charge in [-0.15, -0.1) is 0 Å². The summed E-state index contributed by atoms with van der Waals surface area (Å²) in [7, 11) is 0. The van der Waals surface area contributed by atoms with Gasteiger partial charge in [0, 0.05) is 17.4 Å². The lowest BCUT2D eigenvalue weighted by molar-refractivity contribution is 0.262. The minimum atomic E-state index is -0.350. The van der Waals surface area contributed by atoms with Crippen LogP contribution in [0.1, 0.15) is 11.1 Å². The molecule has 0 saturated carbocycles. The summed E-state index contributed by atoms with van der Waals surface area (Å²) in [4.78, 5) is 16.0. The van der Waals surface area contributed by atoms with Crippen molar-refractivity contribution in [1.82, 2.24) is 4.98 Å². The number of pyridine rings is 1. The van der Waals surface area contributed by atoms with Crippen LogP contribution in [-0.4, -0.2) is 17.6 Å². The van der Waals surface area contributed by atoms with Gasteiger partial charge in [-0.2, -0.15) is 0 Å². The number of nitrogens with one attached hydrogen (secondary N) is 2. The van der Waals surface area contributed by atoms with E-state index >= 15 is 0 Å². The van der Waals surface area contributed by atoms with E-state index in [0.717, 1.165) is 16.8 Å². The fraction of sp³-hybridized carbons (Fsp3) is 0.125. The van der Waals surface area contributed by atoms with Crippen LogP contribution in [0.3, 0.4) is 0 Å². The topological polar surface area (TPSA) is 80.0 Å².